The zero-order valence-corrected chi connectivity index (χ0v) is 34.3. The van der Waals surface area contributed by atoms with E-state index in [1.807, 2.05) is 41.5 Å². The molecule has 4 rings (SSSR count). The maximum Gasteiger partial charge on any atom is 0.509 e. The lowest BCUT2D eigenvalue weighted by molar-refractivity contribution is -0.292. The number of ether oxygens (including phenoxy) is 9. The van der Waals surface area contributed by atoms with Crippen LogP contribution in [-0.2, 0) is 52.2 Å². The summed E-state index contributed by atoms with van der Waals surface area (Å²) in [5, 5.41) is 10.6. The lowest BCUT2D eigenvalue weighted by Gasteiger charge is -2.44. The largest absolute Gasteiger partial charge is 0.509 e. The smallest absolute Gasteiger partial charge is 0.458 e. The quantitative estimate of drug-likeness (QED) is 0.154. The average Bonchev–Trinajstić information content (AvgIpc) is 3.61. The van der Waals surface area contributed by atoms with E-state index in [9.17, 15) is 24.3 Å². The highest BCUT2D eigenvalue weighted by Crippen LogP contribution is 2.41. The molecule has 0 bridgehead atoms. The molecule has 310 valence electrons. The number of ketones is 1. The van der Waals surface area contributed by atoms with Gasteiger partial charge in [-0.05, 0) is 59.8 Å². The number of nitrogens with zero attached hydrogens (tertiary/aromatic N) is 1. The monoisotopic (exact) mass is 771 g/mol. The van der Waals surface area contributed by atoms with Crippen molar-refractivity contribution >= 4 is 24.0 Å². The summed E-state index contributed by atoms with van der Waals surface area (Å²) in [6.07, 6.45) is -7.58. The molecular formula is C39H65NO14. The molecule has 0 saturated carbocycles. The highest BCUT2D eigenvalue weighted by molar-refractivity contribution is 5.84. The molecule has 0 aromatic heterocycles. The van der Waals surface area contributed by atoms with Crippen LogP contribution in [0.25, 0.3) is 0 Å². The third kappa shape index (κ3) is 9.18. The number of rotatable bonds is 17. The van der Waals surface area contributed by atoms with E-state index in [0.29, 0.717) is 19.3 Å². The lowest BCUT2D eigenvalue weighted by atomic mass is 9.79. The van der Waals surface area contributed by atoms with Gasteiger partial charge in [-0.2, -0.15) is 0 Å². The SMILES string of the molecule is CCC(OC(=O)C(C)[C@@H](O[C@H]1CC(C)[C@@H](O)C(C)O1)C(C)[C@@H](O[C@@H]1OC(C)CC2[C@H]1OC(=O)N2C)[C@H](C)OC)[C@@]1(C)OC(=O)O[C@@H]1[C@@H](C)C(=O)[C@H](C)CC. The second kappa shape index (κ2) is 18.1. The standard InChI is InChI=1S/C39H65NO14/c1-14-18(3)29(41)21(6)34-39(11,54-38(45)53-34)27(15-2)49-35(43)23(8)31(50-28-16-19(4)30(42)24(9)48-28)22(7)32(25(10)46-13)51-36-33-26(17-20(5)47-36)40(12)37(44)52-33/h18-28,30-34,36,42H,14-17H2,1-13H3/t18-,19?,20?,21+,22?,23?,24?,25+,26?,27?,28+,30-,31+,32-,33-,34-,36+,39-/m1/s1. The van der Waals surface area contributed by atoms with Crippen LogP contribution in [0, 0.1) is 29.6 Å². The predicted octanol–water partition coefficient (Wildman–Crippen LogP) is 5.02. The fourth-order valence-corrected chi connectivity index (χ4v) is 8.47. The summed E-state index contributed by atoms with van der Waals surface area (Å²) in [5.41, 5.74) is -1.45. The molecule has 0 spiro atoms. The Labute approximate surface area is 320 Å². The Hall–Kier alpha value is -2.56. The fraction of sp³-hybridized carbons (Fsp3) is 0.897. The minimum Gasteiger partial charge on any atom is -0.458 e. The molecule has 15 nitrogen and oxygen atoms in total. The van der Waals surface area contributed by atoms with Gasteiger partial charge >= 0.3 is 18.2 Å². The number of esters is 1. The van der Waals surface area contributed by atoms with E-state index in [1.54, 1.807) is 53.7 Å². The summed E-state index contributed by atoms with van der Waals surface area (Å²) in [7, 11) is 3.24. The molecule has 4 aliphatic rings. The Bertz CT molecular complexity index is 1300. The molecular weight excluding hydrogens is 706 g/mol. The molecule has 1 N–H and O–H groups in total. The third-order valence-corrected chi connectivity index (χ3v) is 12.3. The van der Waals surface area contributed by atoms with Crippen molar-refractivity contribution in [2.24, 2.45) is 29.6 Å². The zero-order chi connectivity index (χ0) is 40.4. The van der Waals surface area contributed by atoms with Gasteiger partial charge in [0.2, 0.25) is 0 Å². The van der Waals surface area contributed by atoms with Gasteiger partial charge in [-0.15, -0.1) is 0 Å². The number of likely N-dealkylation sites (N-methyl/N-ethyl adjacent to an activating group) is 1. The number of Topliss-reactive ketones (excluding diaryl/α,β-unsaturated/α-hetero) is 1. The number of cyclic esters (lactones) is 2. The van der Waals surface area contributed by atoms with Crippen molar-refractivity contribution < 1.29 is 66.9 Å². The normalized spacial score (nSPS) is 37.1. The van der Waals surface area contributed by atoms with Crippen molar-refractivity contribution in [1.29, 1.82) is 0 Å². The Kier molecular flexibility index (Phi) is 14.8. The van der Waals surface area contributed by atoms with Gasteiger partial charge in [0.15, 0.2) is 30.4 Å². The number of methoxy groups -OCH3 is 1. The van der Waals surface area contributed by atoms with Crippen molar-refractivity contribution in [2.75, 3.05) is 14.2 Å². The van der Waals surface area contributed by atoms with Crippen LogP contribution < -0.4 is 0 Å². The summed E-state index contributed by atoms with van der Waals surface area (Å²) in [5.74, 6) is -3.37. The van der Waals surface area contributed by atoms with Crippen LogP contribution in [0.3, 0.4) is 0 Å². The molecule has 7 unspecified atom stereocenters. The fourth-order valence-electron chi connectivity index (χ4n) is 8.47. The number of hydrogen-bond donors (Lipinski definition) is 1. The van der Waals surface area contributed by atoms with Crippen LogP contribution in [0.2, 0.25) is 0 Å². The summed E-state index contributed by atoms with van der Waals surface area (Å²) >= 11 is 0. The molecule has 4 aliphatic heterocycles. The van der Waals surface area contributed by atoms with Gasteiger partial charge in [-0.3, -0.25) is 9.59 Å². The van der Waals surface area contributed by atoms with Gasteiger partial charge in [-0.1, -0.05) is 41.5 Å². The highest BCUT2D eigenvalue weighted by atomic mass is 16.8. The first kappa shape index (κ1) is 44.2. The molecule has 0 radical (unpaired) electrons. The topological polar surface area (TPSA) is 175 Å². The minimum absolute atomic E-state index is 0.0788. The van der Waals surface area contributed by atoms with Gasteiger partial charge in [0, 0.05) is 32.4 Å². The van der Waals surface area contributed by atoms with E-state index in [4.69, 9.17) is 42.6 Å². The number of carbonyl (C=O) groups is 4. The third-order valence-electron chi connectivity index (χ3n) is 12.3. The second-order valence-corrected chi connectivity index (χ2v) is 16.3. The Morgan fingerprint density at radius 3 is 2.22 bits per heavy atom. The maximum absolute atomic E-state index is 14.4. The number of aliphatic hydroxyl groups is 1. The zero-order valence-electron chi connectivity index (χ0n) is 34.3. The first-order valence-corrected chi connectivity index (χ1v) is 19.7. The van der Waals surface area contributed by atoms with Crippen molar-refractivity contribution in [2.45, 2.75) is 181 Å². The van der Waals surface area contributed by atoms with Crippen LogP contribution >= 0.6 is 0 Å². The van der Waals surface area contributed by atoms with Gasteiger partial charge in [0.25, 0.3) is 0 Å². The Balaban J connectivity index is 1.64. The van der Waals surface area contributed by atoms with E-state index in [1.165, 1.54) is 0 Å². The number of carbonyl (C=O) groups excluding carboxylic acids is 4. The first-order valence-electron chi connectivity index (χ1n) is 19.7. The van der Waals surface area contributed by atoms with E-state index in [-0.39, 0.29) is 36.2 Å². The Morgan fingerprint density at radius 1 is 0.963 bits per heavy atom. The molecule has 4 fully saturated rings. The van der Waals surface area contributed by atoms with E-state index < -0.39 is 103 Å². The van der Waals surface area contributed by atoms with Gasteiger partial charge < -0.3 is 52.6 Å². The molecule has 1 amide bonds. The number of fused-ring (bicyclic) bond motifs is 1. The van der Waals surface area contributed by atoms with Crippen LogP contribution in [0.15, 0.2) is 0 Å². The lowest BCUT2D eigenvalue weighted by Crippen LogP contribution is -2.56. The second-order valence-electron chi connectivity index (χ2n) is 16.3. The van der Waals surface area contributed by atoms with Gasteiger partial charge in [0.05, 0.1) is 54.5 Å². The van der Waals surface area contributed by atoms with Gasteiger partial charge in [0.1, 0.15) is 11.9 Å². The maximum atomic E-state index is 14.4. The van der Waals surface area contributed by atoms with Crippen molar-refractivity contribution in [3.63, 3.8) is 0 Å². The first-order chi connectivity index (χ1) is 25.3. The van der Waals surface area contributed by atoms with Crippen LogP contribution in [0.4, 0.5) is 9.59 Å². The van der Waals surface area contributed by atoms with E-state index in [0.717, 1.165) is 0 Å². The summed E-state index contributed by atoms with van der Waals surface area (Å²) < 4.78 is 54.7. The molecule has 0 aliphatic carbocycles. The molecule has 15 heteroatoms. The molecule has 0 aromatic carbocycles. The Morgan fingerprint density at radius 2 is 1.63 bits per heavy atom. The summed E-state index contributed by atoms with van der Waals surface area (Å²) in [4.78, 5) is 54.3. The average molecular weight is 772 g/mol. The van der Waals surface area contributed by atoms with Crippen LogP contribution in [-0.4, -0.2) is 127 Å². The number of hydrogen-bond acceptors (Lipinski definition) is 14. The van der Waals surface area contributed by atoms with E-state index in [2.05, 4.69) is 0 Å². The van der Waals surface area contributed by atoms with Crippen LogP contribution in [0.5, 0.6) is 0 Å². The van der Waals surface area contributed by atoms with Crippen molar-refractivity contribution in [3.8, 4) is 0 Å². The molecule has 4 heterocycles. The highest BCUT2D eigenvalue weighted by Gasteiger charge is 2.58. The minimum atomic E-state index is -1.45. The number of amides is 1. The summed E-state index contributed by atoms with van der Waals surface area (Å²) in [6.45, 7) is 19.8. The molecule has 4 saturated heterocycles. The van der Waals surface area contributed by atoms with Crippen LogP contribution in [0.1, 0.15) is 102 Å². The molecule has 18 atom stereocenters. The molecule has 0 aromatic rings. The predicted molar refractivity (Wildman–Crippen MR) is 193 cm³/mol. The van der Waals surface area contributed by atoms with Gasteiger partial charge in [-0.25, -0.2) is 9.59 Å². The van der Waals surface area contributed by atoms with E-state index >= 15 is 0 Å². The van der Waals surface area contributed by atoms with Crippen molar-refractivity contribution in [1.82, 2.24) is 4.90 Å². The summed E-state index contributed by atoms with van der Waals surface area (Å²) in [6, 6.07) is -0.251. The van der Waals surface area contributed by atoms with Crippen molar-refractivity contribution in [3.05, 3.63) is 0 Å². The number of aliphatic hydroxyl groups excluding tert-OH is 1. The molecule has 54 heavy (non-hydrogen) atoms.